The predicted molar refractivity (Wildman–Crippen MR) is 85.5 cm³/mol. The summed E-state index contributed by atoms with van der Waals surface area (Å²) in [7, 11) is -3.43. The van der Waals surface area contributed by atoms with Crippen molar-refractivity contribution in [2.75, 3.05) is 30.7 Å². The first-order valence-corrected chi connectivity index (χ1v) is 9.18. The summed E-state index contributed by atoms with van der Waals surface area (Å²) >= 11 is 0. The highest BCUT2D eigenvalue weighted by Crippen LogP contribution is 2.19. The first-order valence-electron chi connectivity index (χ1n) is 7.29. The Kier molecular flexibility index (Phi) is 5.42. The van der Waals surface area contributed by atoms with E-state index in [-0.39, 0.29) is 5.91 Å². The molecule has 0 radical (unpaired) electrons. The number of carbonyl (C=O) groups is 1. The average Bonchev–Trinajstić information content (AvgIpc) is 2.46. The first kappa shape index (κ1) is 16.8. The van der Waals surface area contributed by atoms with Gasteiger partial charge in [0.2, 0.25) is 10.0 Å². The summed E-state index contributed by atoms with van der Waals surface area (Å²) in [6.45, 7) is 3.89. The van der Waals surface area contributed by atoms with E-state index in [4.69, 9.17) is 4.74 Å². The molecule has 0 aromatic heterocycles. The van der Waals surface area contributed by atoms with Crippen molar-refractivity contribution in [1.29, 1.82) is 0 Å². The lowest BCUT2D eigenvalue weighted by molar-refractivity contribution is 0.0643. The normalized spacial score (nSPS) is 16.3. The third kappa shape index (κ3) is 4.99. The Bertz CT molecular complexity index is 637. The molecule has 6 nitrogen and oxygen atoms in total. The SMILES string of the molecule is Cc1ccc(NS(C)(=O)=O)c(C(=O)NCC2CCOCC2)c1. The van der Waals surface area contributed by atoms with Gasteiger partial charge in [-0.1, -0.05) is 11.6 Å². The molecule has 1 heterocycles. The Morgan fingerprint density at radius 2 is 2.00 bits per heavy atom. The lowest BCUT2D eigenvalue weighted by Gasteiger charge is -2.22. The van der Waals surface area contributed by atoms with E-state index in [0.29, 0.717) is 23.7 Å². The molecule has 1 saturated heterocycles. The molecule has 0 aliphatic carbocycles. The largest absolute Gasteiger partial charge is 0.381 e. The van der Waals surface area contributed by atoms with E-state index in [1.165, 1.54) is 0 Å². The molecule has 1 amide bonds. The molecule has 2 N–H and O–H groups in total. The van der Waals surface area contributed by atoms with Crippen molar-refractivity contribution in [1.82, 2.24) is 5.32 Å². The van der Waals surface area contributed by atoms with Gasteiger partial charge in [-0.05, 0) is 37.8 Å². The van der Waals surface area contributed by atoms with Crippen LogP contribution in [0.3, 0.4) is 0 Å². The van der Waals surface area contributed by atoms with Crippen LogP contribution in [0.15, 0.2) is 18.2 Å². The minimum absolute atomic E-state index is 0.263. The van der Waals surface area contributed by atoms with Crippen LogP contribution in [0.5, 0.6) is 0 Å². The van der Waals surface area contributed by atoms with Crippen LogP contribution < -0.4 is 10.0 Å². The van der Waals surface area contributed by atoms with Gasteiger partial charge in [-0.2, -0.15) is 0 Å². The van der Waals surface area contributed by atoms with E-state index < -0.39 is 10.0 Å². The van der Waals surface area contributed by atoms with Crippen molar-refractivity contribution in [3.05, 3.63) is 29.3 Å². The minimum atomic E-state index is -3.43. The van der Waals surface area contributed by atoms with Crippen LogP contribution in [0.1, 0.15) is 28.8 Å². The van der Waals surface area contributed by atoms with Crippen molar-refractivity contribution in [2.24, 2.45) is 5.92 Å². The maximum atomic E-state index is 12.4. The fraction of sp³-hybridized carbons (Fsp3) is 0.533. The minimum Gasteiger partial charge on any atom is -0.381 e. The Balaban J connectivity index is 2.08. The Hall–Kier alpha value is -1.60. The zero-order valence-corrected chi connectivity index (χ0v) is 13.7. The zero-order chi connectivity index (χ0) is 16.2. The summed E-state index contributed by atoms with van der Waals surface area (Å²) in [6, 6.07) is 5.06. The number of hydrogen-bond acceptors (Lipinski definition) is 4. The smallest absolute Gasteiger partial charge is 0.253 e. The Morgan fingerprint density at radius 1 is 1.32 bits per heavy atom. The summed E-state index contributed by atoms with van der Waals surface area (Å²) < 4.78 is 30.5. The molecule has 1 aromatic rings. The van der Waals surface area contributed by atoms with Gasteiger partial charge in [-0.3, -0.25) is 9.52 Å². The molecule has 1 fully saturated rings. The van der Waals surface area contributed by atoms with Crippen molar-refractivity contribution in [3.8, 4) is 0 Å². The van der Waals surface area contributed by atoms with Gasteiger partial charge >= 0.3 is 0 Å². The maximum absolute atomic E-state index is 12.4. The summed E-state index contributed by atoms with van der Waals surface area (Å²) in [6.07, 6.45) is 2.93. The lowest BCUT2D eigenvalue weighted by atomic mass is 10.00. The topological polar surface area (TPSA) is 84.5 Å². The van der Waals surface area contributed by atoms with Crippen molar-refractivity contribution < 1.29 is 17.9 Å². The summed E-state index contributed by atoms with van der Waals surface area (Å²) in [5.41, 5.74) is 1.55. The maximum Gasteiger partial charge on any atom is 0.253 e. The van der Waals surface area contributed by atoms with Gasteiger partial charge in [0.15, 0.2) is 0 Å². The van der Waals surface area contributed by atoms with Crippen LogP contribution in [-0.2, 0) is 14.8 Å². The molecule has 7 heteroatoms. The van der Waals surface area contributed by atoms with Crippen molar-refractivity contribution in [2.45, 2.75) is 19.8 Å². The van der Waals surface area contributed by atoms with Crippen molar-refractivity contribution >= 4 is 21.6 Å². The molecule has 1 aromatic carbocycles. The van der Waals surface area contributed by atoms with E-state index in [2.05, 4.69) is 10.0 Å². The summed E-state index contributed by atoms with van der Waals surface area (Å²) in [5, 5.41) is 2.89. The van der Waals surface area contributed by atoms with E-state index >= 15 is 0 Å². The number of nitrogens with one attached hydrogen (secondary N) is 2. The van der Waals surface area contributed by atoms with Crippen LogP contribution in [0.4, 0.5) is 5.69 Å². The Labute approximate surface area is 131 Å². The third-order valence-electron chi connectivity index (χ3n) is 3.61. The van der Waals surface area contributed by atoms with Gasteiger partial charge in [0.25, 0.3) is 5.91 Å². The fourth-order valence-corrected chi connectivity index (χ4v) is 2.99. The third-order valence-corrected chi connectivity index (χ3v) is 4.20. The van der Waals surface area contributed by atoms with Gasteiger partial charge in [0.1, 0.15) is 0 Å². The van der Waals surface area contributed by atoms with E-state index in [0.717, 1.165) is 37.9 Å². The number of carbonyl (C=O) groups excluding carboxylic acids is 1. The lowest BCUT2D eigenvalue weighted by Crippen LogP contribution is -2.32. The quantitative estimate of drug-likeness (QED) is 0.859. The van der Waals surface area contributed by atoms with Gasteiger partial charge in [0.05, 0.1) is 17.5 Å². The highest BCUT2D eigenvalue weighted by molar-refractivity contribution is 7.92. The summed E-state index contributed by atoms with van der Waals surface area (Å²) in [4.78, 5) is 12.4. The zero-order valence-electron chi connectivity index (χ0n) is 12.9. The van der Waals surface area contributed by atoms with E-state index in [1.54, 1.807) is 18.2 Å². The van der Waals surface area contributed by atoms with Gasteiger partial charge in [-0.25, -0.2) is 8.42 Å². The van der Waals surface area contributed by atoms with E-state index in [9.17, 15) is 13.2 Å². The Morgan fingerprint density at radius 3 is 2.64 bits per heavy atom. The van der Waals surface area contributed by atoms with Gasteiger partial charge in [0, 0.05) is 19.8 Å². The molecule has 0 atom stereocenters. The molecule has 0 bridgehead atoms. The number of sulfonamides is 1. The van der Waals surface area contributed by atoms with Crippen molar-refractivity contribution in [3.63, 3.8) is 0 Å². The molecule has 1 aliphatic heterocycles. The number of amides is 1. The first-order chi connectivity index (χ1) is 10.3. The molecule has 0 unspecified atom stereocenters. The fourth-order valence-electron chi connectivity index (χ4n) is 2.42. The van der Waals surface area contributed by atoms with Crippen LogP contribution in [0.2, 0.25) is 0 Å². The highest BCUT2D eigenvalue weighted by atomic mass is 32.2. The molecule has 1 aliphatic rings. The monoisotopic (exact) mass is 326 g/mol. The molecular weight excluding hydrogens is 304 g/mol. The van der Waals surface area contributed by atoms with Gasteiger partial charge < -0.3 is 10.1 Å². The number of benzene rings is 1. The van der Waals surface area contributed by atoms with Crippen LogP contribution >= 0.6 is 0 Å². The second-order valence-electron chi connectivity index (χ2n) is 5.69. The number of aryl methyl sites for hydroxylation is 1. The summed E-state index contributed by atoms with van der Waals surface area (Å²) in [5.74, 6) is 0.148. The van der Waals surface area contributed by atoms with Gasteiger partial charge in [-0.15, -0.1) is 0 Å². The molecular formula is C15H22N2O4S. The molecule has 0 spiro atoms. The predicted octanol–water partition coefficient (Wildman–Crippen LogP) is 1.52. The second-order valence-corrected chi connectivity index (χ2v) is 7.44. The van der Waals surface area contributed by atoms with Crippen LogP contribution in [0, 0.1) is 12.8 Å². The highest BCUT2D eigenvalue weighted by Gasteiger charge is 2.18. The number of hydrogen-bond donors (Lipinski definition) is 2. The molecule has 122 valence electrons. The molecule has 22 heavy (non-hydrogen) atoms. The second kappa shape index (κ2) is 7.11. The number of ether oxygens (including phenoxy) is 1. The number of rotatable bonds is 5. The van der Waals surface area contributed by atoms with E-state index in [1.807, 2.05) is 6.92 Å². The van der Waals surface area contributed by atoms with Crippen LogP contribution in [-0.4, -0.2) is 40.3 Å². The van der Waals surface area contributed by atoms with Crippen LogP contribution in [0.25, 0.3) is 0 Å². The standard InChI is InChI=1S/C15H22N2O4S/c1-11-3-4-14(17-22(2,19)20)13(9-11)15(18)16-10-12-5-7-21-8-6-12/h3-4,9,12,17H,5-8,10H2,1-2H3,(H,16,18). The average molecular weight is 326 g/mol. The number of anilines is 1. The molecule has 0 saturated carbocycles. The molecule has 2 rings (SSSR count).